The van der Waals surface area contributed by atoms with E-state index in [9.17, 15) is 22.4 Å². The molecule has 1 aliphatic heterocycles. The molecule has 2 rings (SSSR count). The van der Waals surface area contributed by atoms with Gasteiger partial charge in [0.15, 0.2) is 11.6 Å². The highest BCUT2D eigenvalue weighted by atomic mass is 32.1. The summed E-state index contributed by atoms with van der Waals surface area (Å²) >= 11 is 4.09. The molecular weight excluding hydrogens is 298 g/mol. The molecule has 1 unspecified atom stereocenters. The minimum Gasteiger partial charge on any atom is -0.403 e. The maximum Gasteiger partial charge on any atom is 0.573 e. The first-order valence-corrected chi connectivity index (χ1v) is 6.40. The van der Waals surface area contributed by atoms with Gasteiger partial charge < -0.3 is 9.64 Å². The van der Waals surface area contributed by atoms with Crippen molar-refractivity contribution in [3.05, 3.63) is 24.0 Å². The summed E-state index contributed by atoms with van der Waals surface area (Å²) in [5.41, 5.74) is 0.214. The second-order valence-corrected chi connectivity index (χ2v) is 4.78. The Labute approximate surface area is 117 Å². The molecule has 0 spiro atoms. The number of ether oxygens (including phenoxy) is 1. The Balaban J connectivity index is 2.19. The Morgan fingerprint density at radius 2 is 2.10 bits per heavy atom. The number of carbonyl (C=O) groups is 1. The third-order valence-electron chi connectivity index (χ3n) is 2.92. The zero-order chi connectivity index (χ0) is 14.9. The van der Waals surface area contributed by atoms with Crippen LogP contribution in [0, 0.1) is 11.7 Å². The topological polar surface area (TPSA) is 29.5 Å². The summed E-state index contributed by atoms with van der Waals surface area (Å²) < 4.78 is 53.2. The molecule has 1 saturated heterocycles. The maximum atomic E-state index is 13.6. The lowest BCUT2D eigenvalue weighted by Gasteiger charge is -2.17. The number of thiol groups is 1. The standard InChI is InChI=1S/C12H11F4NO2S/c13-9-4-8(1-2-10(9)19-12(14,15)16)17-5-7(6-20)3-11(17)18/h1-2,4,7,20H,3,5-6H2. The summed E-state index contributed by atoms with van der Waals surface area (Å²) in [5, 5.41) is 0. The summed E-state index contributed by atoms with van der Waals surface area (Å²) in [6, 6.07) is 2.95. The lowest BCUT2D eigenvalue weighted by Crippen LogP contribution is -2.25. The molecule has 1 aromatic rings. The second kappa shape index (κ2) is 5.51. The highest BCUT2D eigenvalue weighted by Gasteiger charge is 2.33. The van der Waals surface area contributed by atoms with Crippen LogP contribution in [0.3, 0.4) is 0 Å². The lowest BCUT2D eigenvalue weighted by atomic mass is 10.1. The van der Waals surface area contributed by atoms with Gasteiger partial charge in [0, 0.05) is 24.7 Å². The van der Waals surface area contributed by atoms with Gasteiger partial charge in [-0.25, -0.2) is 4.39 Å². The van der Waals surface area contributed by atoms with E-state index in [1.165, 1.54) is 11.0 Å². The first-order valence-electron chi connectivity index (χ1n) is 5.76. The van der Waals surface area contributed by atoms with E-state index >= 15 is 0 Å². The summed E-state index contributed by atoms with van der Waals surface area (Å²) in [6.07, 6.45) is -4.66. The lowest BCUT2D eigenvalue weighted by molar-refractivity contribution is -0.275. The number of halogens is 4. The normalized spacial score (nSPS) is 19.6. The third kappa shape index (κ3) is 3.36. The fourth-order valence-electron chi connectivity index (χ4n) is 2.02. The van der Waals surface area contributed by atoms with E-state index in [4.69, 9.17) is 0 Å². The molecule has 20 heavy (non-hydrogen) atoms. The van der Waals surface area contributed by atoms with Crippen molar-refractivity contribution in [2.45, 2.75) is 12.8 Å². The van der Waals surface area contributed by atoms with Gasteiger partial charge in [-0.05, 0) is 23.8 Å². The average molecular weight is 309 g/mol. The minimum atomic E-state index is -4.96. The van der Waals surface area contributed by atoms with E-state index in [0.29, 0.717) is 18.7 Å². The van der Waals surface area contributed by atoms with Crippen molar-refractivity contribution >= 4 is 24.2 Å². The third-order valence-corrected chi connectivity index (χ3v) is 3.43. The van der Waals surface area contributed by atoms with E-state index in [0.717, 1.165) is 12.1 Å². The van der Waals surface area contributed by atoms with Gasteiger partial charge in [-0.15, -0.1) is 13.2 Å². The number of nitrogens with zero attached hydrogens (tertiary/aromatic N) is 1. The van der Waals surface area contributed by atoms with Crippen LogP contribution in [0.2, 0.25) is 0 Å². The predicted molar refractivity (Wildman–Crippen MR) is 67.4 cm³/mol. The number of benzene rings is 1. The van der Waals surface area contributed by atoms with Crippen molar-refractivity contribution in [3.8, 4) is 5.75 Å². The van der Waals surface area contributed by atoms with E-state index in [-0.39, 0.29) is 17.5 Å². The first kappa shape index (κ1) is 15.0. The number of rotatable bonds is 3. The molecule has 0 bridgehead atoms. The number of amides is 1. The molecule has 110 valence electrons. The Morgan fingerprint density at radius 3 is 2.60 bits per heavy atom. The molecule has 0 N–H and O–H groups in total. The Bertz CT molecular complexity index is 521. The van der Waals surface area contributed by atoms with E-state index in [1.54, 1.807) is 0 Å². The number of hydrogen-bond donors (Lipinski definition) is 1. The van der Waals surface area contributed by atoms with Gasteiger partial charge >= 0.3 is 6.36 Å². The van der Waals surface area contributed by atoms with Gasteiger partial charge in [-0.2, -0.15) is 12.6 Å². The second-order valence-electron chi connectivity index (χ2n) is 4.42. The SMILES string of the molecule is O=C1CC(CS)CN1c1ccc(OC(F)(F)F)c(F)c1. The van der Waals surface area contributed by atoms with Crippen molar-refractivity contribution < 1.29 is 27.1 Å². The summed E-state index contributed by atoms with van der Waals surface area (Å²) in [4.78, 5) is 13.1. The van der Waals surface area contributed by atoms with Crippen LogP contribution < -0.4 is 9.64 Å². The summed E-state index contributed by atoms with van der Waals surface area (Å²) in [5.74, 6) is -1.71. The molecule has 1 fully saturated rings. The van der Waals surface area contributed by atoms with Gasteiger partial charge in [0.05, 0.1) is 0 Å². The van der Waals surface area contributed by atoms with E-state index in [1.807, 2.05) is 0 Å². The number of anilines is 1. The highest BCUT2D eigenvalue weighted by molar-refractivity contribution is 7.80. The average Bonchev–Trinajstić information content (AvgIpc) is 2.72. The van der Waals surface area contributed by atoms with Crippen LogP contribution in [0.25, 0.3) is 0 Å². The molecule has 1 aliphatic rings. The van der Waals surface area contributed by atoms with Gasteiger partial charge in [0.25, 0.3) is 0 Å². The zero-order valence-corrected chi connectivity index (χ0v) is 11.0. The molecule has 3 nitrogen and oxygen atoms in total. The molecule has 1 atom stereocenters. The van der Waals surface area contributed by atoms with Crippen LogP contribution in [0.5, 0.6) is 5.75 Å². The van der Waals surface area contributed by atoms with Crippen LogP contribution >= 0.6 is 12.6 Å². The Hall–Kier alpha value is -1.44. The molecule has 8 heteroatoms. The van der Waals surface area contributed by atoms with Crippen LogP contribution in [0.1, 0.15) is 6.42 Å². The number of hydrogen-bond acceptors (Lipinski definition) is 3. The van der Waals surface area contributed by atoms with E-state index < -0.39 is 17.9 Å². The summed E-state index contributed by atoms with van der Waals surface area (Å²) in [6.45, 7) is 0.376. The molecule has 0 radical (unpaired) electrons. The molecule has 1 heterocycles. The zero-order valence-electron chi connectivity index (χ0n) is 10.2. The predicted octanol–water partition coefficient (Wildman–Crippen LogP) is 3.01. The smallest absolute Gasteiger partial charge is 0.403 e. The van der Waals surface area contributed by atoms with Gasteiger partial charge in [-0.1, -0.05) is 0 Å². The largest absolute Gasteiger partial charge is 0.573 e. The highest BCUT2D eigenvalue weighted by Crippen LogP contribution is 2.31. The quantitative estimate of drug-likeness (QED) is 0.687. The van der Waals surface area contributed by atoms with Gasteiger partial charge in [0.1, 0.15) is 0 Å². The van der Waals surface area contributed by atoms with Gasteiger partial charge in [0.2, 0.25) is 5.91 Å². The molecule has 0 aromatic heterocycles. The van der Waals surface area contributed by atoms with Crippen LogP contribution in [0.15, 0.2) is 18.2 Å². The van der Waals surface area contributed by atoms with Crippen molar-refractivity contribution in [2.75, 3.05) is 17.2 Å². The van der Waals surface area contributed by atoms with Crippen molar-refractivity contribution in [3.63, 3.8) is 0 Å². The fraction of sp³-hybridized carbons (Fsp3) is 0.417. The van der Waals surface area contributed by atoms with Crippen molar-refractivity contribution in [1.82, 2.24) is 0 Å². The fourth-order valence-corrected chi connectivity index (χ4v) is 2.26. The molecule has 1 amide bonds. The van der Waals surface area contributed by atoms with Crippen molar-refractivity contribution in [2.24, 2.45) is 5.92 Å². The number of carbonyl (C=O) groups excluding carboxylic acids is 1. The van der Waals surface area contributed by atoms with Crippen LogP contribution in [-0.2, 0) is 4.79 Å². The van der Waals surface area contributed by atoms with Crippen molar-refractivity contribution in [1.29, 1.82) is 0 Å². The molecule has 0 aliphatic carbocycles. The van der Waals surface area contributed by atoms with Crippen LogP contribution in [-0.4, -0.2) is 24.6 Å². The molecule has 0 saturated carbocycles. The Kier molecular flexibility index (Phi) is 4.12. The van der Waals surface area contributed by atoms with Gasteiger partial charge in [-0.3, -0.25) is 4.79 Å². The number of alkyl halides is 3. The van der Waals surface area contributed by atoms with E-state index in [2.05, 4.69) is 17.4 Å². The monoisotopic (exact) mass is 309 g/mol. The Morgan fingerprint density at radius 1 is 1.40 bits per heavy atom. The minimum absolute atomic E-state index is 0.0556. The molecular formula is C12H11F4NO2S. The summed E-state index contributed by atoms with van der Waals surface area (Å²) in [7, 11) is 0. The first-order chi connectivity index (χ1) is 9.30. The maximum absolute atomic E-state index is 13.6. The molecule has 1 aromatic carbocycles. The van der Waals surface area contributed by atoms with Crippen LogP contribution in [0.4, 0.5) is 23.2 Å².